The maximum atomic E-state index is 13.0. The number of nitrogens with zero attached hydrogens (tertiary/aromatic N) is 2. The van der Waals surface area contributed by atoms with E-state index < -0.39 is 0 Å². The summed E-state index contributed by atoms with van der Waals surface area (Å²) in [4.78, 5) is 28.4. The zero-order valence-electron chi connectivity index (χ0n) is 13.7. The van der Waals surface area contributed by atoms with Crippen LogP contribution in [0.5, 0.6) is 0 Å². The zero-order chi connectivity index (χ0) is 17.4. The molecular formula is C19H19FN2O3. The van der Waals surface area contributed by atoms with Crippen LogP contribution in [0.15, 0.2) is 47.1 Å². The Bertz CT molecular complexity index is 764. The van der Waals surface area contributed by atoms with Crippen molar-refractivity contribution in [1.29, 1.82) is 0 Å². The van der Waals surface area contributed by atoms with Crippen LogP contribution in [0, 0.1) is 11.7 Å². The molecule has 5 nitrogen and oxygen atoms in total. The van der Waals surface area contributed by atoms with E-state index in [0.29, 0.717) is 31.9 Å². The number of furan rings is 1. The number of carbonyl (C=O) groups is 2. The van der Waals surface area contributed by atoms with Gasteiger partial charge in [-0.2, -0.15) is 0 Å². The molecule has 2 heterocycles. The van der Waals surface area contributed by atoms with Crippen molar-refractivity contribution in [1.82, 2.24) is 9.80 Å². The van der Waals surface area contributed by atoms with E-state index in [2.05, 4.69) is 0 Å². The minimum Gasteiger partial charge on any atom is -0.459 e. The maximum Gasteiger partial charge on any atom is 0.289 e. The van der Waals surface area contributed by atoms with Crippen molar-refractivity contribution in [3.8, 4) is 0 Å². The minimum absolute atomic E-state index is 0.0159. The van der Waals surface area contributed by atoms with Gasteiger partial charge in [0.1, 0.15) is 5.82 Å². The lowest BCUT2D eigenvalue weighted by molar-refractivity contribution is -0.134. The molecule has 2 atom stereocenters. The molecular weight excluding hydrogens is 323 g/mol. The van der Waals surface area contributed by atoms with E-state index in [-0.39, 0.29) is 29.5 Å². The van der Waals surface area contributed by atoms with E-state index in [1.165, 1.54) is 18.4 Å². The van der Waals surface area contributed by atoms with Gasteiger partial charge < -0.3 is 14.2 Å². The second-order valence-corrected chi connectivity index (χ2v) is 6.60. The first kappa shape index (κ1) is 15.9. The van der Waals surface area contributed by atoms with E-state index in [9.17, 15) is 14.0 Å². The molecule has 2 aliphatic rings. The Morgan fingerprint density at radius 1 is 1.00 bits per heavy atom. The number of benzene rings is 1. The van der Waals surface area contributed by atoms with Crippen LogP contribution in [0.3, 0.4) is 0 Å². The highest BCUT2D eigenvalue weighted by Crippen LogP contribution is 2.48. The first-order valence-corrected chi connectivity index (χ1v) is 8.50. The standard InChI is InChI=1S/C19H19FN2O3/c20-14-5-3-13(4-6-14)15-12-16(15)18(23)21-7-9-22(10-8-21)19(24)17-2-1-11-25-17/h1-6,11,15-16H,7-10,12H2/t15-,16+/m1/s1. The lowest BCUT2D eigenvalue weighted by atomic mass is 10.1. The van der Waals surface area contributed by atoms with Gasteiger partial charge in [-0.25, -0.2) is 4.39 Å². The summed E-state index contributed by atoms with van der Waals surface area (Å²) in [6.07, 6.45) is 2.30. The molecule has 1 aliphatic heterocycles. The molecule has 0 N–H and O–H groups in total. The number of piperazine rings is 1. The molecule has 0 bridgehead atoms. The second-order valence-electron chi connectivity index (χ2n) is 6.60. The number of halogens is 1. The molecule has 2 fully saturated rings. The van der Waals surface area contributed by atoms with Crippen molar-refractivity contribution >= 4 is 11.8 Å². The fraction of sp³-hybridized carbons (Fsp3) is 0.368. The molecule has 0 spiro atoms. The van der Waals surface area contributed by atoms with Crippen molar-refractivity contribution in [2.24, 2.45) is 5.92 Å². The van der Waals surface area contributed by atoms with E-state index >= 15 is 0 Å². The average Bonchev–Trinajstić information content (AvgIpc) is 3.25. The zero-order valence-corrected chi connectivity index (χ0v) is 13.7. The van der Waals surface area contributed by atoms with Crippen LogP contribution in [0.2, 0.25) is 0 Å². The normalized spacial score (nSPS) is 22.8. The highest BCUT2D eigenvalue weighted by molar-refractivity contribution is 5.91. The van der Waals surface area contributed by atoms with Crippen molar-refractivity contribution in [3.05, 3.63) is 59.8 Å². The van der Waals surface area contributed by atoms with Crippen molar-refractivity contribution < 1.29 is 18.4 Å². The summed E-state index contributed by atoms with van der Waals surface area (Å²) in [5, 5.41) is 0. The molecule has 1 aromatic heterocycles. The van der Waals surface area contributed by atoms with Gasteiger partial charge in [-0.3, -0.25) is 9.59 Å². The highest BCUT2D eigenvalue weighted by atomic mass is 19.1. The third-order valence-electron chi connectivity index (χ3n) is 5.02. The quantitative estimate of drug-likeness (QED) is 0.861. The minimum atomic E-state index is -0.260. The number of hydrogen-bond acceptors (Lipinski definition) is 3. The van der Waals surface area contributed by atoms with Gasteiger partial charge in [-0.1, -0.05) is 12.1 Å². The summed E-state index contributed by atoms with van der Waals surface area (Å²) in [6, 6.07) is 9.73. The Morgan fingerprint density at radius 3 is 2.32 bits per heavy atom. The van der Waals surface area contributed by atoms with E-state index in [1.54, 1.807) is 29.2 Å². The van der Waals surface area contributed by atoms with Crippen LogP contribution in [0.4, 0.5) is 4.39 Å². The topological polar surface area (TPSA) is 53.8 Å². The van der Waals surface area contributed by atoms with Crippen LogP contribution < -0.4 is 0 Å². The van der Waals surface area contributed by atoms with Gasteiger partial charge in [0.05, 0.1) is 6.26 Å². The van der Waals surface area contributed by atoms with Crippen LogP contribution in [-0.4, -0.2) is 47.8 Å². The SMILES string of the molecule is O=C(c1ccco1)N1CCN(C(=O)[C@H]2C[C@@H]2c2ccc(F)cc2)CC1. The maximum absolute atomic E-state index is 13.0. The van der Waals surface area contributed by atoms with Crippen LogP contribution in [0.25, 0.3) is 0 Å². The molecule has 1 saturated heterocycles. The number of amides is 2. The van der Waals surface area contributed by atoms with E-state index in [4.69, 9.17) is 4.42 Å². The predicted molar refractivity (Wildman–Crippen MR) is 88.4 cm³/mol. The van der Waals surface area contributed by atoms with Gasteiger partial charge in [0.25, 0.3) is 5.91 Å². The van der Waals surface area contributed by atoms with Gasteiger partial charge in [-0.15, -0.1) is 0 Å². The smallest absolute Gasteiger partial charge is 0.289 e. The first-order valence-electron chi connectivity index (χ1n) is 8.50. The van der Waals surface area contributed by atoms with Gasteiger partial charge in [0.15, 0.2) is 5.76 Å². The van der Waals surface area contributed by atoms with Gasteiger partial charge >= 0.3 is 0 Å². The summed E-state index contributed by atoms with van der Waals surface area (Å²) in [5.41, 5.74) is 1.02. The lowest BCUT2D eigenvalue weighted by Gasteiger charge is -2.34. The van der Waals surface area contributed by atoms with Crippen molar-refractivity contribution in [3.63, 3.8) is 0 Å². The summed E-state index contributed by atoms with van der Waals surface area (Å²) >= 11 is 0. The first-order chi connectivity index (χ1) is 12.1. The number of hydrogen-bond donors (Lipinski definition) is 0. The molecule has 25 heavy (non-hydrogen) atoms. The molecule has 1 aromatic carbocycles. The molecule has 2 amide bonds. The van der Waals surface area contributed by atoms with E-state index in [1.807, 2.05) is 4.90 Å². The third-order valence-corrected chi connectivity index (χ3v) is 5.02. The largest absolute Gasteiger partial charge is 0.459 e. The molecule has 1 saturated carbocycles. The lowest BCUT2D eigenvalue weighted by Crippen LogP contribution is -2.51. The highest BCUT2D eigenvalue weighted by Gasteiger charge is 2.46. The monoisotopic (exact) mass is 342 g/mol. The summed E-state index contributed by atoms with van der Waals surface area (Å²) in [6.45, 7) is 2.11. The Kier molecular flexibility index (Phi) is 4.03. The molecule has 4 rings (SSSR count). The molecule has 2 aromatic rings. The fourth-order valence-electron chi connectivity index (χ4n) is 3.47. The summed E-state index contributed by atoms with van der Waals surface area (Å²) in [5.74, 6) is 0.253. The van der Waals surface area contributed by atoms with Gasteiger partial charge in [-0.05, 0) is 42.2 Å². The van der Waals surface area contributed by atoms with Crippen molar-refractivity contribution in [2.45, 2.75) is 12.3 Å². The number of carbonyl (C=O) groups excluding carboxylic acids is 2. The van der Waals surface area contributed by atoms with Crippen LogP contribution >= 0.6 is 0 Å². The van der Waals surface area contributed by atoms with Crippen LogP contribution in [-0.2, 0) is 4.79 Å². The molecule has 130 valence electrons. The van der Waals surface area contributed by atoms with Gasteiger partial charge in [0, 0.05) is 32.1 Å². The average molecular weight is 342 g/mol. The van der Waals surface area contributed by atoms with Crippen molar-refractivity contribution in [2.75, 3.05) is 26.2 Å². The predicted octanol–water partition coefficient (Wildman–Crippen LogP) is 2.51. The molecule has 0 unspecified atom stereocenters. The second kappa shape index (κ2) is 6.35. The molecule has 6 heteroatoms. The van der Waals surface area contributed by atoms with Crippen LogP contribution in [0.1, 0.15) is 28.5 Å². The molecule has 0 radical (unpaired) electrons. The Morgan fingerprint density at radius 2 is 1.68 bits per heavy atom. The number of rotatable bonds is 3. The fourth-order valence-corrected chi connectivity index (χ4v) is 3.47. The summed E-state index contributed by atoms with van der Waals surface area (Å²) < 4.78 is 18.2. The molecule has 1 aliphatic carbocycles. The van der Waals surface area contributed by atoms with Gasteiger partial charge in [0.2, 0.25) is 5.91 Å². The Hall–Kier alpha value is -2.63. The third kappa shape index (κ3) is 3.16. The Labute approximate surface area is 145 Å². The van der Waals surface area contributed by atoms with E-state index in [0.717, 1.165) is 12.0 Å². The Balaban J connectivity index is 1.32. The summed E-state index contributed by atoms with van der Waals surface area (Å²) in [7, 11) is 0.